The minimum absolute atomic E-state index is 0.0108. The van der Waals surface area contributed by atoms with Gasteiger partial charge in [0, 0.05) is 11.5 Å². The van der Waals surface area contributed by atoms with Crippen LogP contribution in [-0.4, -0.2) is 33.4 Å². The molecule has 27 heavy (non-hydrogen) atoms. The summed E-state index contributed by atoms with van der Waals surface area (Å²) in [4.78, 5) is 12.4. The van der Waals surface area contributed by atoms with Gasteiger partial charge in [0.25, 0.3) is 0 Å². The molecule has 1 aromatic carbocycles. The molecule has 2 aliphatic rings. The van der Waals surface area contributed by atoms with Gasteiger partial charge in [-0.25, -0.2) is 4.79 Å². The van der Waals surface area contributed by atoms with Gasteiger partial charge in [0.05, 0.1) is 21.3 Å². The van der Waals surface area contributed by atoms with Crippen LogP contribution in [0.25, 0.3) is 6.08 Å². The Morgan fingerprint density at radius 1 is 1.07 bits per heavy atom. The summed E-state index contributed by atoms with van der Waals surface area (Å²) in [5.74, 6) is 1.95. The monoisotopic (exact) mass is 374 g/mol. The number of methoxy groups -OCH3 is 3. The van der Waals surface area contributed by atoms with E-state index in [-0.39, 0.29) is 22.9 Å². The molecule has 0 spiro atoms. The molecule has 5 heteroatoms. The molecule has 0 amide bonds. The standard InChI is InChI=1S/C22H30O5/c1-21(2)15-9-10-22(21,3)18(13-15)27-19(23)8-7-14-11-16(24-4)20(26-6)17(12-14)25-5/h7-8,11-12,15,18H,9-10,13H2,1-6H3/t15-,18+,22+/m0/s1. The quantitative estimate of drug-likeness (QED) is 0.543. The predicted octanol–water partition coefficient (Wildman–Crippen LogP) is 4.48. The van der Waals surface area contributed by atoms with E-state index >= 15 is 0 Å². The molecule has 2 bridgehead atoms. The molecule has 0 heterocycles. The summed E-state index contributed by atoms with van der Waals surface area (Å²) < 4.78 is 21.9. The summed E-state index contributed by atoms with van der Waals surface area (Å²) in [6.07, 6.45) is 6.50. The van der Waals surface area contributed by atoms with Crippen molar-refractivity contribution in [3.05, 3.63) is 23.8 Å². The molecule has 5 nitrogen and oxygen atoms in total. The van der Waals surface area contributed by atoms with Crippen molar-refractivity contribution >= 4 is 12.0 Å². The van der Waals surface area contributed by atoms with E-state index in [1.54, 1.807) is 39.5 Å². The summed E-state index contributed by atoms with van der Waals surface area (Å²) in [6, 6.07) is 3.60. The molecule has 1 aromatic rings. The highest BCUT2D eigenvalue weighted by molar-refractivity contribution is 5.87. The van der Waals surface area contributed by atoms with Crippen molar-refractivity contribution in [2.45, 2.75) is 46.1 Å². The van der Waals surface area contributed by atoms with Gasteiger partial charge in [0.1, 0.15) is 6.10 Å². The molecule has 0 unspecified atom stereocenters. The molecular weight excluding hydrogens is 344 g/mol. The van der Waals surface area contributed by atoms with Crippen molar-refractivity contribution in [2.24, 2.45) is 16.7 Å². The van der Waals surface area contributed by atoms with E-state index in [2.05, 4.69) is 20.8 Å². The topological polar surface area (TPSA) is 54.0 Å². The highest BCUT2D eigenvalue weighted by Gasteiger charge is 2.62. The lowest BCUT2D eigenvalue weighted by molar-refractivity contribution is -0.150. The number of carbonyl (C=O) groups excluding carboxylic acids is 1. The average molecular weight is 374 g/mol. The summed E-state index contributed by atoms with van der Waals surface area (Å²) in [5.41, 5.74) is 1.06. The maximum Gasteiger partial charge on any atom is 0.331 e. The van der Waals surface area contributed by atoms with E-state index in [9.17, 15) is 4.79 Å². The first kappa shape index (κ1) is 19.6. The molecule has 0 N–H and O–H groups in total. The first-order valence-corrected chi connectivity index (χ1v) is 9.45. The fraction of sp³-hybridized carbons (Fsp3) is 0.591. The van der Waals surface area contributed by atoms with Crippen molar-refractivity contribution in [3.63, 3.8) is 0 Å². The van der Waals surface area contributed by atoms with Crippen LogP contribution in [0.5, 0.6) is 17.2 Å². The normalized spacial score (nSPS) is 28.4. The summed E-state index contributed by atoms with van der Waals surface area (Å²) in [5, 5.41) is 0. The lowest BCUT2D eigenvalue weighted by Crippen LogP contribution is -2.38. The van der Waals surface area contributed by atoms with Crippen LogP contribution in [0.1, 0.15) is 45.6 Å². The molecule has 2 aliphatic carbocycles. The smallest absolute Gasteiger partial charge is 0.331 e. The van der Waals surface area contributed by atoms with Crippen molar-refractivity contribution in [1.29, 1.82) is 0 Å². The van der Waals surface area contributed by atoms with Gasteiger partial charge in [0.2, 0.25) is 5.75 Å². The average Bonchev–Trinajstić information content (AvgIpc) is 2.98. The van der Waals surface area contributed by atoms with Crippen molar-refractivity contribution in [2.75, 3.05) is 21.3 Å². The van der Waals surface area contributed by atoms with Crippen LogP contribution in [0.2, 0.25) is 0 Å². The lowest BCUT2D eigenvalue weighted by atomic mass is 9.70. The zero-order valence-corrected chi connectivity index (χ0v) is 17.1. The second kappa shape index (κ2) is 7.10. The minimum Gasteiger partial charge on any atom is -0.493 e. The molecule has 0 radical (unpaired) electrons. The number of ether oxygens (including phenoxy) is 4. The zero-order chi connectivity index (χ0) is 19.8. The maximum atomic E-state index is 12.4. The molecule has 3 atom stereocenters. The fourth-order valence-electron chi connectivity index (χ4n) is 4.85. The van der Waals surface area contributed by atoms with Gasteiger partial charge in [-0.3, -0.25) is 0 Å². The molecule has 2 saturated carbocycles. The van der Waals surface area contributed by atoms with E-state index in [0.29, 0.717) is 23.2 Å². The van der Waals surface area contributed by atoms with Gasteiger partial charge in [-0.15, -0.1) is 0 Å². The Hall–Kier alpha value is -2.17. The Morgan fingerprint density at radius 2 is 1.70 bits per heavy atom. The molecule has 0 saturated heterocycles. The number of fused-ring (bicyclic) bond motifs is 2. The molecule has 0 aliphatic heterocycles. The summed E-state index contributed by atoms with van der Waals surface area (Å²) >= 11 is 0. The van der Waals surface area contributed by atoms with Gasteiger partial charge in [-0.2, -0.15) is 0 Å². The third-order valence-corrected chi connectivity index (χ3v) is 7.07. The van der Waals surface area contributed by atoms with Crippen molar-refractivity contribution in [3.8, 4) is 17.2 Å². The molecule has 148 valence electrons. The third-order valence-electron chi connectivity index (χ3n) is 7.07. The van der Waals surface area contributed by atoms with Gasteiger partial charge in [0.15, 0.2) is 11.5 Å². The summed E-state index contributed by atoms with van der Waals surface area (Å²) in [7, 11) is 4.69. The zero-order valence-electron chi connectivity index (χ0n) is 17.1. The van der Waals surface area contributed by atoms with Crippen molar-refractivity contribution < 1.29 is 23.7 Å². The Morgan fingerprint density at radius 3 is 2.15 bits per heavy atom. The van der Waals surface area contributed by atoms with Crippen LogP contribution in [0, 0.1) is 16.7 Å². The van der Waals surface area contributed by atoms with E-state index in [1.165, 1.54) is 12.5 Å². The largest absolute Gasteiger partial charge is 0.493 e. The first-order valence-electron chi connectivity index (χ1n) is 9.45. The Balaban J connectivity index is 1.73. The van der Waals surface area contributed by atoms with Gasteiger partial charge in [-0.05, 0) is 54.4 Å². The lowest BCUT2D eigenvalue weighted by Gasteiger charge is -2.38. The molecule has 3 rings (SSSR count). The van der Waals surface area contributed by atoms with Gasteiger partial charge in [-0.1, -0.05) is 20.8 Å². The van der Waals surface area contributed by atoms with Gasteiger partial charge >= 0.3 is 5.97 Å². The second-order valence-electron chi connectivity index (χ2n) is 8.33. The van der Waals surface area contributed by atoms with Crippen LogP contribution in [0.15, 0.2) is 18.2 Å². The number of hydrogen-bond donors (Lipinski definition) is 0. The van der Waals surface area contributed by atoms with Crippen molar-refractivity contribution in [1.82, 2.24) is 0 Å². The van der Waals surface area contributed by atoms with E-state index in [1.807, 2.05) is 0 Å². The Kier molecular flexibility index (Phi) is 5.15. The number of esters is 1. The third kappa shape index (κ3) is 3.17. The van der Waals surface area contributed by atoms with E-state index < -0.39 is 0 Å². The van der Waals surface area contributed by atoms with E-state index in [0.717, 1.165) is 18.4 Å². The second-order valence-corrected chi connectivity index (χ2v) is 8.33. The predicted molar refractivity (Wildman–Crippen MR) is 104 cm³/mol. The first-order chi connectivity index (χ1) is 12.8. The number of benzene rings is 1. The highest BCUT2D eigenvalue weighted by atomic mass is 16.5. The van der Waals surface area contributed by atoms with Crippen LogP contribution in [0.3, 0.4) is 0 Å². The van der Waals surface area contributed by atoms with Crippen LogP contribution >= 0.6 is 0 Å². The Bertz CT molecular complexity index is 726. The fourth-order valence-corrected chi connectivity index (χ4v) is 4.85. The molecule has 2 fully saturated rings. The van der Waals surface area contributed by atoms with Crippen LogP contribution in [0.4, 0.5) is 0 Å². The summed E-state index contributed by atoms with van der Waals surface area (Å²) in [6.45, 7) is 6.88. The number of hydrogen-bond acceptors (Lipinski definition) is 5. The Labute approximate surface area is 161 Å². The SMILES string of the molecule is COc1cc(C=CC(=O)O[C@@H]2C[C@@H]3CC[C@@]2(C)C3(C)C)cc(OC)c1OC. The van der Waals surface area contributed by atoms with Crippen LogP contribution < -0.4 is 14.2 Å². The minimum atomic E-state index is -0.307. The maximum absolute atomic E-state index is 12.4. The van der Waals surface area contributed by atoms with Crippen LogP contribution in [-0.2, 0) is 9.53 Å². The number of rotatable bonds is 6. The highest BCUT2D eigenvalue weighted by Crippen LogP contribution is 2.66. The van der Waals surface area contributed by atoms with E-state index in [4.69, 9.17) is 18.9 Å². The number of carbonyl (C=O) groups is 1. The molecule has 0 aromatic heterocycles. The molecular formula is C22H30O5. The van der Waals surface area contributed by atoms with Gasteiger partial charge < -0.3 is 18.9 Å².